The van der Waals surface area contributed by atoms with Gasteiger partial charge in [0.05, 0.1) is 5.84 Å². The van der Waals surface area contributed by atoms with Crippen molar-refractivity contribution >= 4 is 5.84 Å². The lowest BCUT2D eigenvalue weighted by Crippen LogP contribution is -2.33. The molecule has 0 aromatic heterocycles. The van der Waals surface area contributed by atoms with Gasteiger partial charge in [-0.3, -0.25) is 5.41 Å². The third-order valence-electron chi connectivity index (χ3n) is 1.80. The molecule has 0 unspecified atom stereocenters. The molecule has 0 amide bonds. The molecule has 0 aliphatic heterocycles. The maximum atomic E-state index is 7.72. The zero-order valence-corrected chi connectivity index (χ0v) is 8.85. The molecule has 0 saturated carbocycles. The zero-order valence-electron chi connectivity index (χ0n) is 8.85. The van der Waals surface area contributed by atoms with Crippen LogP contribution in [0, 0.1) is 11.3 Å². The average Bonchev–Trinajstić information content (AvgIpc) is 2.01. The van der Waals surface area contributed by atoms with Gasteiger partial charge < -0.3 is 4.90 Å². The molecule has 0 atom stereocenters. The summed E-state index contributed by atoms with van der Waals surface area (Å²) in [7, 11) is 0. The Bertz CT molecular complexity index is 130. The van der Waals surface area contributed by atoms with Crippen molar-refractivity contribution < 1.29 is 0 Å². The zero-order chi connectivity index (χ0) is 9.56. The van der Waals surface area contributed by atoms with Crippen molar-refractivity contribution in [3.63, 3.8) is 0 Å². The fourth-order valence-corrected chi connectivity index (χ4v) is 1.27. The number of amidine groups is 1. The monoisotopic (exact) mass is 170 g/mol. The van der Waals surface area contributed by atoms with Gasteiger partial charge in [0, 0.05) is 19.5 Å². The third kappa shape index (κ3) is 4.37. The van der Waals surface area contributed by atoms with Gasteiger partial charge in [-0.2, -0.15) is 0 Å². The molecule has 2 heteroatoms. The maximum absolute atomic E-state index is 7.72. The second-order valence-corrected chi connectivity index (χ2v) is 3.64. The number of rotatable bonds is 5. The first-order valence-corrected chi connectivity index (χ1v) is 4.94. The van der Waals surface area contributed by atoms with E-state index in [-0.39, 0.29) is 0 Å². The average molecular weight is 170 g/mol. The lowest BCUT2D eigenvalue weighted by atomic mass is 10.2. The van der Waals surface area contributed by atoms with Gasteiger partial charge in [0.2, 0.25) is 0 Å². The number of hydrogen-bond donors (Lipinski definition) is 1. The van der Waals surface area contributed by atoms with Gasteiger partial charge in [0.1, 0.15) is 0 Å². The quantitative estimate of drug-likeness (QED) is 0.498. The third-order valence-corrected chi connectivity index (χ3v) is 1.80. The van der Waals surface area contributed by atoms with Crippen molar-refractivity contribution in [3.05, 3.63) is 0 Å². The van der Waals surface area contributed by atoms with Crippen LogP contribution in [0.15, 0.2) is 0 Å². The SMILES string of the molecule is CCCN(CC(C)C)C(=N)CC. The summed E-state index contributed by atoms with van der Waals surface area (Å²) in [5, 5.41) is 7.72. The van der Waals surface area contributed by atoms with E-state index in [1.807, 2.05) is 6.92 Å². The molecular weight excluding hydrogens is 148 g/mol. The summed E-state index contributed by atoms with van der Waals surface area (Å²) in [5.74, 6) is 1.44. The molecule has 0 heterocycles. The molecule has 0 bridgehead atoms. The highest BCUT2D eigenvalue weighted by atomic mass is 15.2. The van der Waals surface area contributed by atoms with Crippen LogP contribution in [-0.2, 0) is 0 Å². The molecule has 0 radical (unpaired) electrons. The van der Waals surface area contributed by atoms with Crippen LogP contribution < -0.4 is 0 Å². The van der Waals surface area contributed by atoms with E-state index in [0.717, 1.165) is 31.8 Å². The molecule has 0 aliphatic carbocycles. The van der Waals surface area contributed by atoms with E-state index in [1.54, 1.807) is 0 Å². The highest BCUT2D eigenvalue weighted by Crippen LogP contribution is 2.02. The van der Waals surface area contributed by atoms with Crippen molar-refractivity contribution in [2.75, 3.05) is 13.1 Å². The lowest BCUT2D eigenvalue weighted by Gasteiger charge is -2.25. The molecule has 0 fully saturated rings. The van der Waals surface area contributed by atoms with Gasteiger partial charge in [-0.25, -0.2) is 0 Å². The van der Waals surface area contributed by atoms with E-state index in [4.69, 9.17) is 5.41 Å². The van der Waals surface area contributed by atoms with Crippen LogP contribution in [0.4, 0.5) is 0 Å². The fraction of sp³-hybridized carbons (Fsp3) is 0.900. The largest absolute Gasteiger partial charge is 0.360 e. The van der Waals surface area contributed by atoms with Crippen LogP contribution >= 0.6 is 0 Å². The lowest BCUT2D eigenvalue weighted by molar-refractivity contribution is 0.358. The van der Waals surface area contributed by atoms with Gasteiger partial charge >= 0.3 is 0 Å². The topological polar surface area (TPSA) is 27.1 Å². The minimum absolute atomic E-state index is 0.656. The second-order valence-electron chi connectivity index (χ2n) is 3.64. The van der Waals surface area contributed by atoms with Crippen LogP contribution in [-0.4, -0.2) is 23.8 Å². The normalized spacial score (nSPS) is 10.4. The molecule has 0 rings (SSSR count). The summed E-state index contributed by atoms with van der Waals surface area (Å²) >= 11 is 0. The van der Waals surface area contributed by atoms with E-state index in [2.05, 4.69) is 25.7 Å². The summed E-state index contributed by atoms with van der Waals surface area (Å²) in [6, 6.07) is 0. The number of nitrogens with zero attached hydrogens (tertiary/aromatic N) is 1. The highest BCUT2D eigenvalue weighted by molar-refractivity contribution is 5.78. The van der Waals surface area contributed by atoms with Crippen molar-refractivity contribution in [3.8, 4) is 0 Å². The highest BCUT2D eigenvalue weighted by Gasteiger charge is 2.07. The maximum Gasteiger partial charge on any atom is 0.0954 e. The van der Waals surface area contributed by atoms with Crippen molar-refractivity contribution in [1.82, 2.24) is 4.90 Å². The minimum atomic E-state index is 0.656. The van der Waals surface area contributed by atoms with E-state index >= 15 is 0 Å². The smallest absolute Gasteiger partial charge is 0.0954 e. The van der Waals surface area contributed by atoms with E-state index in [9.17, 15) is 0 Å². The molecule has 12 heavy (non-hydrogen) atoms. The molecule has 0 aliphatic rings. The molecular formula is C10H22N2. The molecule has 72 valence electrons. The Kier molecular flexibility index (Phi) is 5.77. The predicted octanol–water partition coefficient (Wildman–Crippen LogP) is 2.74. The van der Waals surface area contributed by atoms with E-state index < -0.39 is 0 Å². The Morgan fingerprint density at radius 2 is 1.92 bits per heavy atom. The van der Waals surface area contributed by atoms with Gasteiger partial charge in [-0.05, 0) is 12.3 Å². The van der Waals surface area contributed by atoms with Gasteiger partial charge in [-0.15, -0.1) is 0 Å². The van der Waals surface area contributed by atoms with Crippen LogP contribution in [0.1, 0.15) is 40.5 Å². The number of nitrogens with one attached hydrogen (secondary N) is 1. The second kappa shape index (κ2) is 6.04. The summed E-state index contributed by atoms with van der Waals surface area (Å²) in [6.07, 6.45) is 1.99. The molecule has 2 nitrogen and oxygen atoms in total. The van der Waals surface area contributed by atoms with Crippen molar-refractivity contribution in [2.45, 2.75) is 40.5 Å². The molecule has 0 aromatic carbocycles. The Balaban J connectivity index is 3.94. The van der Waals surface area contributed by atoms with Crippen LogP contribution in [0.5, 0.6) is 0 Å². The Morgan fingerprint density at radius 1 is 1.33 bits per heavy atom. The number of hydrogen-bond acceptors (Lipinski definition) is 1. The van der Waals surface area contributed by atoms with Crippen molar-refractivity contribution in [1.29, 1.82) is 5.41 Å². The Labute approximate surface area is 76.5 Å². The van der Waals surface area contributed by atoms with Gasteiger partial charge in [0.25, 0.3) is 0 Å². The molecule has 1 N–H and O–H groups in total. The van der Waals surface area contributed by atoms with Crippen molar-refractivity contribution in [2.24, 2.45) is 5.92 Å². The predicted molar refractivity (Wildman–Crippen MR) is 54.7 cm³/mol. The first kappa shape index (κ1) is 11.5. The molecule has 0 saturated heterocycles. The summed E-state index contributed by atoms with van der Waals surface area (Å²) in [6.45, 7) is 10.7. The Morgan fingerprint density at radius 3 is 2.25 bits per heavy atom. The Hall–Kier alpha value is -0.530. The molecule has 0 aromatic rings. The molecule has 0 spiro atoms. The minimum Gasteiger partial charge on any atom is -0.360 e. The summed E-state index contributed by atoms with van der Waals surface area (Å²) in [4.78, 5) is 2.19. The van der Waals surface area contributed by atoms with E-state index in [1.165, 1.54) is 0 Å². The van der Waals surface area contributed by atoms with Crippen LogP contribution in [0.25, 0.3) is 0 Å². The summed E-state index contributed by atoms with van der Waals surface area (Å²) in [5.41, 5.74) is 0. The van der Waals surface area contributed by atoms with Gasteiger partial charge in [-0.1, -0.05) is 27.7 Å². The standard InChI is InChI=1S/C10H22N2/c1-5-7-12(8-9(3)4)10(11)6-2/h9,11H,5-8H2,1-4H3. The van der Waals surface area contributed by atoms with Gasteiger partial charge in [0.15, 0.2) is 0 Å². The van der Waals surface area contributed by atoms with Crippen LogP contribution in [0.2, 0.25) is 0 Å². The fourth-order valence-electron chi connectivity index (χ4n) is 1.27. The first-order chi connectivity index (χ1) is 5.61. The van der Waals surface area contributed by atoms with Crippen LogP contribution in [0.3, 0.4) is 0 Å². The van der Waals surface area contributed by atoms with E-state index in [0.29, 0.717) is 5.92 Å². The first-order valence-electron chi connectivity index (χ1n) is 4.94. The summed E-state index contributed by atoms with van der Waals surface area (Å²) < 4.78 is 0.